The number of hydrazine groups is 1. The van der Waals surface area contributed by atoms with Gasteiger partial charge in [0.2, 0.25) is 5.91 Å². The Balaban J connectivity index is 1.44. The number of nitrogens with one attached hydrogen (secondary N) is 4. The van der Waals surface area contributed by atoms with E-state index in [-0.39, 0.29) is 12.0 Å². The number of fused-ring (bicyclic) bond motifs is 1. The van der Waals surface area contributed by atoms with E-state index in [4.69, 9.17) is 0 Å². The molecule has 0 aliphatic heterocycles. The lowest BCUT2D eigenvalue weighted by molar-refractivity contribution is -0.128. The molecule has 1 aromatic heterocycles. The fourth-order valence-electron chi connectivity index (χ4n) is 2.37. The monoisotopic (exact) mass is 369 g/mol. The molecule has 0 saturated heterocycles. The first-order valence-corrected chi connectivity index (χ1v) is 8.07. The summed E-state index contributed by atoms with van der Waals surface area (Å²) < 4.78 is 13.5. The van der Waals surface area contributed by atoms with Crippen LogP contribution in [0.15, 0.2) is 48.5 Å². The Morgan fingerprint density at radius 1 is 0.963 bits per heavy atom. The maximum absolute atomic E-state index is 13.5. The van der Waals surface area contributed by atoms with Crippen molar-refractivity contribution in [1.82, 2.24) is 26.1 Å². The molecule has 9 heteroatoms. The average Bonchev–Trinajstić information content (AvgIpc) is 3.07. The Bertz CT molecular complexity index is 968. The van der Waals surface area contributed by atoms with E-state index >= 15 is 0 Å². The fraction of sp³-hybridized carbons (Fsp3) is 0.111. The van der Waals surface area contributed by atoms with E-state index in [1.165, 1.54) is 18.2 Å². The minimum Gasteiger partial charge on any atom is -0.343 e. The van der Waals surface area contributed by atoms with Crippen LogP contribution in [0.2, 0.25) is 0 Å². The van der Waals surface area contributed by atoms with Crippen LogP contribution in [-0.2, 0) is 16.0 Å². The van der Waals surface area contributed by atoms with Gasteiger partial charge in [-0.05, 0) is 24.3 Å². The van der Waals surface area contributed by atoms with E-state index < -0.39 is 30.1 Å². The highest BCUT2D eigenvalue weighted by molar-refractivity contribution is 5.96. The zero-order valence-corrected chi connectivity index (χ0v) is 14.1. The summed E-state index contributed by atoms with van der Waals surface area (Å²) in [5, 5.41) is 2.27. The van der Waals surface area contributed by atoms with E-state index in [0.29, 0.717) is 5.82 Å². The van der Waals surface area contributed by atoms with Crippen LogP contribution in [0.5, 0.6) is 0 Å². The first kappa shape index (κ1) is 18.1. The minimum atomic E-state index is -0.725. The van der Waals surface area contributed by atoms with Gasteiger partial charge in [0.25, 0.3) is 11.8 Å². The van der Waals surface area contributed by atoms with Gasteiger partial charge < -0.3 is 10.3 Å². The van der Waals surface area contributed by atoms with Crippen molar-refractivity contribution < 1.29 is 18.8 Å². The first-order chi connectivity index (χ1) is 13.0. The number of nitrogens with zero attached hydrogens (tertiary/aromatic N) is 1. The predicted molar refractivity (Wildman–Crippen MR) is 94.8 cm³/mol. The number of halogens is 1. The summed E-state index contributed by atoms with van der Waals surface area (Å²) in [5.74, 6) is -2.09. The van der Waals surface area contributed by atoms with Gasteiger partial charge in [-0.15, -0.1) is 0 Å². The van der Waals surface area contributed by atoms with Crippen molar-refractivity contribution in [1.29, 1.82) is 0 Å². The molecule has 27 heavy (non-hydrogen) atoms. The van der Waals surface area contributed by atoms with E-state index in [1.807, 2.05) is 24.3 Å². The second kappa shape index (κ2) is 8.09. The minimum absolute atomic E-state index is 0.0590. The van der Waals surface area contributed by atoms with Crippen LogP contribution in [0.4, 0.5) is 4.39 Å². The van der Waals surface area contributed by atoms with Gasteiger partial charge in [-0.1, -0.05) is 24.3 Å². The summed E-state index contributed by atoms with van der Waals surface area (Å²) in [7, 11) is 0. The van der Waals surface area contributed by atoms with Crippen molar-refractivity contribution in [2.45, 2.75) is 6.42 Å². The van der Waals surface area contributed by atoms with Crippen LogP contribution >= 0.6 is 0 Å². The molecule has 0 aliphatic carbocycles. The van der Waals surface area contributed by atoms with Gasteiger partial charge in [-0.25, -0.2) is 9.37 Å². The van der Waals surface area contributed by atoms with Gasteiger partial charge in [0.05, 0.1) is 29.6 Å². The van der Waals surface area contributed by atoms with E-state index in [1.54, 1.807) is 0 Å². The molecule has 0 radical (unpaired) electrons. The molecule has 3 aromatic rings. The molecule has 0 bridgehead atoms. The van der Waals surface area contributed by atoms with Crippen LogP contribution in [0, 0.1) is 5.82 Å². The third kappa shape index (κ3) is 4.66. The molecule has 1 heterocycles. The molecule has 3 rings (SSSR count). The maximum Gasteiger partial charge on any atom is 0.257 e. The maximum atomic E-state index is 13.5. The Morgan fingerprint density at radius 2 is 1.67 bits per heavy atom. The van der Waals surface area contributed by atoms with Crippen LogP contribution in [0.25, 0.3) is 11.0 Å². The Morgan fingerprint density at radius 3 is 2.44 bits per heavy atom. The van der Waals surface area contributed by atoms with Crippen molar-refractivity contribution in [2.24, 2.45) is 0 Å². The van der Waals surface area contributed by atoms with Gasteiger partial charge in [0, 0.05) is 0 Å². The highest BCUT2D eigenvalue weighted by atomic mass is 19.1. The standard InChI is InChI=1S/C18H16FN5O3/c19-12-6-2-1-5-11(12)18(27)20-10-17(26)24-23-16(25)9-15-21-13-7-3-4-8-14(13)22-15/h1-8H,9-10H2,(H,20,27)(H,21,22)(H,23,25)(H,24,26). The lowest BCUT2D eigenvalue weighted by atomic mass is 10.2. The molecule has 0 fully saturated rings. The molecule has 4 N–H and O–H groups in total. The summed E-state index contributed by atoms with van der Waals surface area (Å²) in [6.07, 6.45) is -0.0590. The van der Waals surface area contributed by atoms with Gasteiger partial charge in [0.1, 0.15) is 11.6 Å². The van der Waals surface area contributed by atoms with E-state index in [9.17, 15) is 18.8 Å². The number of aromatic nitrogens is 2. The third-order valence-corrected chi connectivity index (χ3v) is 3.64. The average molecular weight is 369 g/mol. The normalized spacial score (nSPS) is 10.4. The predicted octanol–water partition coefficient (Wildman–Crippen LogP) is 0.822. The number of rotatable bonds is 5. The van der Waals surface area contributed by atoms with Gasteiger partial charge in [0.15, 0.2) is 0 Å². The summed E-state index contributed by atoms with van der Waals surface area (Å²) in [6.45, 7) is -0.419. The lowest BCUT2D eigenvalue weighted by Gasteiger charge is -2.08. The smallest absolute Gasteiger partial charge is 0.257 e. The van der Waals surface area contributed by atoms with Crippen LogP contribution < -0.4 is 16.2 Å². The van der Waals surface area contributed by atoms with Gasteiger partial charge >= 0.3 is 0 Å². The summed E-state index contributed by atoms with van der Waals surface area (Å²) in [5.41, 5.74) is 5.77. The molecular weight excluding hydrogens is 353 g/mol. The fourth-order valence-corrected chi connectivity index (χ4v) is 2.37. The van der Waals surface area contributed by atoms with E-state index in [2.05, 4.69) is 26.1 Å². The lowest BCUT2D eigenvalue weighted by Crippen LogP contribution is -2.47. The van der Waals surface area contributed by atoms with Crippen LogP contribution in [0.1, 0.15) is 16.2 Å². The second-order valence-corrected chi connectivity index (χ2v) is 5.64. The number of hydrogen-bond acceptors (Lipinski definition) is 4. The zero-order valence-electron chi connectivity index (χ0n) is 14.1. The van der Waals surface area contributed by atoms with E-state index in [0.717, 1.165) is 17.1 Å². The summed E-state index contributed by atoms with van der Waals surface area (Å²) in [6, 6.07) is 12.7. The first-order valence-electron chi connectivity index (χ1n) is 8.07. The number of H-pyrrole nitrogens is 1. The topological polar surface area (TPSA) is 116 Å². The summed E-state index contributed by atoms with van der Waals surface area (Å²) in [4.78, 5) is 42.6. The van der Waals surface area contributed by atoms with Gasteiger partial charge in [-0.3, -0.25) is 25.2 Å². The van der Waals surface area contributed by atoms with Crippen LogP contribution in [0.3, 0.4) is 0 Å². The van der Waals surface area contributed by atoms with Crippen molar-refractivity contribution in [2.75, 3.05) is 6.54 Å². The number of carbonyl (C=O) groups is 3. The number of hydrogen-bond donors (Lipinski definition) is 4. The molecule has 8 nitrogen and oxygen atoms in total. The third-order valence-electron chi connectivity index (χ3n) is 3.64. The Labute approximate surface area is 153 Å². The molecule has 2 aromatic carbocycles. The molecule has 0 saturated carbocycles. The highest BCUT2D eigenvalue weighted by Gasteiger charge is 2.13. The SMILES string of the molecule is O=C(CNC(=O)c1ccccc1F)NNC(=O)Cc1nc2ccccc2[nH]1. The molecule has 0 unspecified atom stereocenters. The quantitative estimate of drug-likeness (QED) is 0.498. The highest BCUT2D eigenvalue weighted by Crippen LogP contribution is 2.10. The Hall–Kier alpha value is -3.75. The molecule has 138 valence electrons. The number of carbonyl (C=O) groups excluding carboxylic acids is 3. The van der Waals surface area contributed by atoms with Crippen molar-refractivity contribution in [3.63, 3.8) is 0 Å². The second-order valence-electron chi connectivity index (χ2n) is 5.64. The zero-order chi connectivity index (χ0) is 19.2. The van der Waals surface area contributed by atoms with Crippen molar-refractivity contribution in [3.8, 4) is 0 Å². The summed E-state index contributed by atoms with van der Waals surface area (Å²) >= 11 is 0. The molecular formula is C18H16FN5O3. The number of para-hydroxylation sites is 2. The molecule has 0 aliphatic rings. The van der Waals surface area contributed by atoms with Crippen LogP contribution in [-0.4, -0.2) is 34.2 Å². The number of amides is 3. The Kier molecular flexibility index (Phi) is 5.41. The number of aromatic amines is 1. The van der Waals surface area contributed by atoms with Crippen molar-refractivity contribution >= 4 is 28.8 Å². The van der Waals surface area contributed by atoms with Crippen molar-refractivity contribution in [3.05, 3.63) is 65.7 Å². The number of imidazole rings is 1. The largest absolute Gasteiger partial charge is 0.343 e. The molecule has 0 spiro atoms. The van der Waals surface area contributed by atoms with Gasteiger partial charge in [-0.2, -0.15) is 0 Å². The number of benzene rings is 2. The molecule has 0 atom stereocenters. The molecule has 3 amide bonds.